The summed E-state index contributed by atoms with van der Waals surface area (Å²) < 4.78 is 77.3. The molecular weight excluding hydrogens is 404 g/mol. The van der Waals surface area contributed by atoms with E-state index in [-0.39, 0.29) is 16.7 Å². The Morgan fingerprint density at radius 1 is 1.21 bits per heavy atom. The molecule has 2 aromatic heterocycles. The Bertz CT molecular complexity index is 1250. The minimum Gasteiger partial charge on any atom is -0.398 e. The zero-order chi connectivity index (χ0) is 20.9. The van der Waals surface area contributed by atoms with E-state index in [0.29, 0.717) is 6.07 Å². The molecule has 2 N–H and O–H groups in total. The lowest BCUT2D eigenvalue weighted by molar-refractivity contribution is -0.138. The Morgan fingerprint density at radius 3 is 2.50 bits per heavy atom. The molecule has 0 unspecified atom stereocenters. The van der Waals surface area contributed by atoms with E-state index in [1.54, 1.807) is 0 Å². The standard InChI is InChI=1S/C16H12F4N4O3S/c1-28(26,27)15-22-6-10-12(21)5-13(25)24(14(10)23-15)7-8-2-3-9(17)4-11(8)16(18,19)20/h2-6H,7,21H2,1H3. The van der Waals surface area contributed by atoms with Gasteiger partial charge in [-0.1, -0.05) is 6.07 Å². The van der Waals surface area contributed by atoms with Crippen LogP contribution in [-0.2, 0) is 22.6 Å². The maximum atomic E-state index is 13.3. The number of rotatable bonds is 3. The van der Waals surface area contributed by atoms with Gasteiger partial charge in [-0.15, -0.1) is 0 Å². The van der Waals surface area contributed by atoms with Crippen molar-refractivity contribution in [3.8, 4) is 0 Å². The molecule has 0 aliphatic heterocycles. The minimum absolute atomic E-state index is 0.0635. The average Bonchev–Trinajstić information content (AvgIpc) is 2.57. The number of anilines is 1. The van der Waals surface area contributed by atoms with E-state index in [0.717, 1.165) is 35.2 Å². The molecule has 0 amide bonds. The van der Waals surface area contributed by atoms with Crippen molar-refractivity contribution in [3.05, 3.63) is 57.8 Å². The zero-order valence-electron chi connectivity index (χ0n) is 14.2. The number of halogens is 4. The van der Waals surface area contributed by atoms with Crippen LogP contribution in [0.25, 0.3) is 11.0 Å². The van der Waals surface area contributed by atoms with E-state index < -0.39 is 50.2 Å². The first kappa shape index (κ1) is 19.7. The lowest BCUT2D eigenvalue weighted by Gasteiger charge is -2.16. The highest BCUT2D eigenvalue weighted by Gasteiger charge is 2.34. The largest absolute Gasteiger partial charge is 0.416 e. The summed E-state index contributed by atoms with van der Waals surface area (Å²) in [5.74, 6) is -1.09. The summed E-state index contributed by atoms with van der Waals surface area (Å²) in [7, 11) is -3.85. The lowest BCUT2D eigenvalue weighted by Crippen LogP contribution is -2.24. The van der Waals surface area contributed by atoms with Crippen LogP contribution >= 0.6 is 0 Å². The predicted octanol–water partition coefficient (Wildman–Crippen LogP) is 1.98. The van der Waals surface area contributed by atoms with Crippen molar-refractivity contribution in [2.45, 2.75) is 17.9 Å². The van der Waals surface area contributed by atoms with Gasteiger partial charge in [0.05, 0.1) is 17.5 Å². The number of alkyl halides is 3. The molecule has 3 rings (SSSR count). The van der Waals surface area contributed by atoms with Crippen LogP contribution in [0.15, 0.2) is 40.4 Å². The number of benzene rings is 1. The molecule has 0 fully saturated rings. The van der Waals surface area contributed by atoms with Gasteiger partial charge in [-0.05, 0) is 17.7 Å². The van der Waals surface area contributed by atoms with Gasteiger partial charge in [0.2, 0.25) is 15.0 Å². The Kier molecular flexibility index (Phi) is 4.61. The molecule has 0 aliphatic carbocycles. The van der Waals surface area contributed by atoms with Crippen LogP contribution in [0.4, 0.5) is 23.2 Å². The average molecular weight is 416 g/mol. The number of hydrogen-bond acceptors (Lipinski definition) is 6. The molecule has 0 aliphatic rings. The third kappa shape index (κ3) is 3.67. The SMILES string of the molecule is CS(=O)(=O)c1ncc2c(N)cc(=O)n(Cc3ccc(F)cc3C(F)(F)F)c2n1. The second-order valence-electron chi connectivity index (χ2n) is 5.99. The molecule has 0 spiro atoms. The number of nitrogen functional groups attached to an aromatic ring is 1. The maximum absolute atomic E-state index is 13.3. The molecule has 148 valence electrons. The van der Waals surface area contributed by atoms with Crippen molar-refractivity contribution in [1.29, 1.82) is 0 Å². The van der Waals surface area contributed by atoms with Crippen molar-refractivity contribution in [2.75, 3.05) is 12.0 Å². The van der Waals surface area contributed by atoms with Crippen LogP contribution in [0.1, 0.15) is 11.1 Å². The summed E-state index contributed by atoms with van der Waals surface area (Å²) in [6.07, 6.45) is -2.96. The zero-order valence-corrected chi connectivity index (χ0v) is 15.0. The first-order valence-electron chi connectivity index (χ1n) is 7.59. The van der Waals surface area contributed by atoms with E-state index in [4.69, 9.17) is 5.73 Å². The van der Waals surface area contributed by atoms with Gasteiger partial charge in [0.25, 0.3) is 5.56 Å². The van der Waals surface area contributed by atoms with Crippen LogP contribution in [0.2, 0.25) is 0 Å². The maximum Gasteiger partial charge on any atom is 0.416 e. The Balaban J connectivity index is 2.29. The van der Waals surface area contributed by atoms with Crippen LogP contribution < -0.4 is 11.3 Å². The molecule has 0 radical (unpaired) electrons. The topological polar surface area (TPSA) is 108 Å². The number of nitrogens with two attached hydrogens (primary N) is 1. The van der Waals surface area contributed by atoms with Crippen molar-refractivity contribution < 1.29 is 26.0 Å². The minimum atomic E-state index is -4.86. The monoisotopic (exact) mass is 416 g/mol. The molecule has 3 aromatic rings. The summed E-state index contributed by atoms with van der Waals surface area (Å²) in [5, 5.41) is -0.531. The van der Waals surface area contributed by atoms with Gasteiger partial charge in [0.1, 0.15) is 11.5 Å². The Morgan fingerprint density at radius 2 is 1.89 bits per heavy atom. The predicted molar refractivity (Wildman–Crippen MR) is 91.8 cm³/mol. The quantitative estimate of drug-likeness (QED) is 0.517. The van der Waals surface area contributed by atoms with Crippen molar-refractivity contribution >= 4 is 26.6 Å². The summed E-state index contributed by atoms with van der Waals surface area (Å²) in [6, 6.07) is 3.00. The second kappa shape index (κ2) is 6.55. The summed E-state index contributed by atoms with van der Waals surface area (Å²) >= 11 is 0. The number of nitrogens with zero attached hydrogens (tertiary/aromatic N) is 3. The number of hydrogen-bond donors (Lipinski definition) is 1. The molecule has 7 nitrogen and oxygen atoms in total. The van der Waals surface area contributed by atoms with Crippen LogP contribution in [0.5, 0.6) is 0 Å². The van der Waals surface area contributed by atoms with Gasteiger partial charge in [-0.2, -0.15) is 18.2 Å². The van der Waals surface area contributed by atoms with E-state index in [9.17, 15) is 30.8 Å². The fraction of sp³-hybridized carbons (Fsp3) is 0.188. The number of aromatic nitrogens is 3. The smallest absolute Gasteiger partial charge is 0.398 e. The van der Waals surface area contributed by atoms with Crippen LogP contribution in [0, 0.1) is 5.82 Å². The fourth-order valence-electron chi connectivity index (χ4n) is 2.61. The molecule has 1 aromatic carbocycles. The van der Waals surface area contributed by atoms with Gasteiger partial charge in [0, 0.05) is 24.2 Å². The molecule has 12 heteroatoms. The van der Waals surface area contributed by atoms with E-state index in [1.807, 2.05) is 0 Å². The number of fused-ring (bicyclic) bond motifs is 1. The Labute approximate surface area is 155 Å². The van der Waals surface area contributed by atoms with Gasteiger partial charge in [0.15, 0.2) is 0 Å². The van der Waals surface area contributed by atoms with Gasteiger partial charge in [-0.25, -0.2) is 17.8 Å². The highest BCUT2D eigenvalue weighted by molar-refractivity contribution is 7.90. The van der Waals surface area contributed by atoms with Crippen molar-refractivity contribution in [2.24, 2.45) is 0 Å². The van der Waals surface area contributed by atoms with Crippen molar-refractivity contribution in [1.82, 2.24) is 14.5 Å². The van der Waals surface area contributed by atoms with E-state index >= 15 is 0 Å². The lowest BCUT2D eigenvalue weighted by atomic mass is 10.1. The molecule has 0 saturated carbocycles. The van der Waals surface area contributed by atoms with E-state index in [1.165, 1.54) is 0 Å². The highest BCUT2D eigenvalue weighted by Crippen LogP contribution is 2.33. The first-order valence-corrected chi connectivity index (χ1v) is 9.49. The molecule has 28 heavy (non-hydrogen) atoms. The molecule has 0 atom stereocenters. The fourth-order valence-corrected chi connectivity index (χ4v) is 3.11. The third-order valence-electron chi connectivity index (χ3n) is 3.90. The normalized spacial score (nSPS) is 12.5. The first-order chi connectivity index (χ1) is 12.9. The molecule has 0 saturated heterocycles. The molecular formula is C16H12F4N4O3S. The summed E-state index contributed by atoms with van der Waals surface area (Å²) in [4.78, 5) is 19.8. The second-order valence-corrected chi connectivity index (χ2v) is 7.89. The third-order valence-corrected chi connectivity index (χ3v) is 4.76. The highest BCUT2D eigenvalue weighted by atomic mass is 32.2. The molecule has 2 heterocycles. The van der Waals surface area contributed by atoms with Gasteiger partial charge >= 0.3 is 6.18 Å². The number of pyridine rings is 1. The summed E-state index contributed by atoms with van der Waals surface area (Å²) in [5.41, 5.74) is 2.94. The number of sulfone groups is 1. The Hall–Kier alpha value is -3.02. The van der Waals surface area contributed by atoms with Gasteiger partial charge in [-0.3, -0.25) is 9.36 Å². The van der Waals surface area contributed by atoms with Crippen LogP contribution in [0.3, 0.4) is 0 Å². The molecule has 0 bridgehead atoms. The summed E-state index contributed by atoms with van der Waals surface area (Å²) in [6.45, 7) is -0.634. The van der Waals surface area contributed by atoms with Crippen molar-refractivity contribution in [3.63, 3.8) is 0 Å². The van der Waals surface area contributed by atoms with E-state index in [2.05, 4.69) is 9.97 Å². The van der Waals surface area contributed by atoms with Gasteiger partial charge < -0.3 is 5.73 Å². The van der Waals surface area contributed by atoms with Crippen LogP contribution in [-0.4, -0.2) is 29.2 Å².